The van der Waals surface area contributed by atoms with Crippen molar-refractivity contribution in [2.45, 2.75) is 19.3 Å². The first-order valence-corrected chi connectivity index (χ1v) is 5.10. The van der Waals surface area contributed by atoms with Crippen LogP contribution in [0.5, 0.6) is 0 Å². The Morgan fingerprint density at radius 3 is 2.93 bits per heavy atom. The molecule has 0 radical (unpaired) electrons. The van der Waals surface area contributed by atoms with Crippen LogP contribution in [0.25, 0.3) is 0 Å². The average molecular weight is 194 g/mol. The number of aromatic nitrogens is 1. The molecule has 2 N–H and O–H groups in total. The summed E-state index contributed by atoms with van der Waals surface area (Å²) in [6.45, 7) is 2.10. The van der Waals surface area contributed by atoms with Gasteiger partial charge < -0.3 is 10.5 Å². The number of hydrogen-bond acceptors (Lipinski definition) is 3. The number of aryl methyl sites for hydroxylation is 1. The average Bonchev–Trinajstić information content (AvgIpc) is 2.25. The summed E-state index contributed by atoms with van der Waals surface area (Å²) < 4.78 is 5.28. The van der Waals surface area contributed by atoms with Gasteiger partial charge in [-0.3, -0.25) is 4.98 Å². The second-order valence-electron chi connectivity index (χ2n) is 3.22. The maximum absolute atomic E-state index is 5.30. The summed E-state index contributed by atoms with van der Waals surface area (Å²) in [6.07, 6.45) is 7.04. The van der Waals surface area contributed by atoms with E-state index in [1.807, 2.05) is 12.3 Å². The molecule has 0 saturated carbocycles. The van der Waals surface area contributed by atoms with Crippen LogP contribution in [-0.4, -0.2) is 24.7 Å². The minimum absolute atomic E-state index is 0.614. The van der Waals surface area contributed by atoms with Crippen molar-refractivity contribution in [3.8, 4) is 0 Å². The summed E-state index contributed by atoms with van der Waals surface area (Å²) in [5.74, 6) is 0. The first-order chi connectivity index (χ1) is 6.93. The molecule has 14 heavy (non-hydrogen) atoms. The number of nitrogens with zero attached hydrogens (tertiary/aromatic N) is 1. The molecule has 1 heterocycles. The summed E-state index contributed by atoms with van der Waals surface area (Å²) >= 11 is 0. The summed E-state index contributed by atoms with van der Waals surface area (Å²) in [5, 5.41) is 0. The van der Waals surface area contributed by atoms with Gasteiger partial charge >= 0.3 is 0 Å². The molecule has 0 atom stereocenters. The molecule has 0 fully saturated rings. The van der Waals surface area contributed by atoms with Crippen LogP contribution in [0, 0.1) is 0 Å². The highest BCUT2D eigenvalue weighted by atomic mass is 16.5. The Morgan fingerprint density at radius 2 is 2.21 bits per heavy atom. The van der Waals surface area contributed by atoms with Crippen molar-refractivity contribution in [2.24, 2.45) is 5.73 Å². The number of nitrogens with two attached hydrogens (primary N) is 1. The van der Waals surface area contributed by atoms with Crippen LogP contribution >= 0.6 is 0 Å². The van der Waals surface area contributed by atoms with Crippen molar-refractivity contribution < 1.29 is 4.74 Å². The SMILES string of the molecule is NCCOCCCCc1cccnc1. The molecular weight excluding hydrogens is 176 g/mol. The fourth-order valence-electron chi connectivity index (χ4n) is 1.26. The number of hydrogen-bond donors (Lipinski definition) is 1. The molecule has 0 unspecified atom stereocenters. The van der Waals surface area contributed by atoms with Crippen molar-refractivity contribution in [1.29, 1.82) is 0 Å². The van der Waals surface area contributed by atoms with Crippen molar-refractivity contribution >= 4 is 0 Å². The number of unbranched alkanes of at least 4 members (excludes halogenated alkanes) is 1. The van der Waals surface area contributed by atoms with Gasteiger partial charge in [-0.2, -0.15) is 0 Å². The molecule has 1 aromatic heterocycles. The Balaban J connectivity index is 1.99. The second kappa shape index (κ2) is 7.47. The molecule has 0 saturated heterocycles. The predicted molar refractivity (Wildman–Crippen MR) is 57.0 cm³/mol. The molecule has 3 heteroatoms. The van der Waals surface area contributed by atoms with E-state index < -0.39 is 0 Å². The van der Waals surface area contributed by atoms with Gasteiger partial charge in [0.05, 0.1) is 6.61 Å². The van der Waals surface area contributed by atoms with Crippen LogP contribution < -0.4 is 5.73 Å². The van der Waals surface area contributed by atoms with Gasteiger partial charge in [-0.25, -0.2) is 0 Å². The molecule has 1 aromatic rings. The standard InChI is InChI=1S/C11H18N2O/c12-6-9-14-8-2-1-4-11-5-3-7-13-10-11/h3,5,7,10H,1-2,4,6,8-9,12H2. The van der Waals surface area contributed by atoms with Gasteiger partial charge in [0, 0.05) is 25.5 Å². The van der Waals surface area contributed by atoms with E-state index in [-0.39, 0.29) is 0 Å². The van der Waals surface area contributed by atoms with Gasteiger partial charge in [0.1, 0.15) is 0 Å². The van der Waals surface area contributed by atoms with E-state index >= 15 is 0 Å². The molecule has 0 aromatic carbocycles. The van der Waals surface area contributed by atoms with Crippen LogP contribution in [0.3, 0.4) is 0 Å². The van der Waals surface area contributed by atoms with Crippen molar-refractivity contribution in [2.75, 3.05) is 19.8 Å². The highest BCUT2D eigenvalue weighted by molar-refractivity contribution is 5.08. The van der Waals surface area contributed by atoms with Gasteiger partial charge in [-0.05, 0) is 30.9 Å². The van der Waals surface area contributed by atoms with Gasteiger partial charge in [0.2, 0.25) is 0 Å². The quantitative estimate of drug-likeness (QED) is 0.667. The fraction of sp³-hybridized carbons (Fsp3) is 0.545. The minimum Gasteiger partial charge on any atom is -0.380 e. The van der Waals surface area contributed by atoms with Crippen LogP contribution in [0.1, 0.15) is 18.4 Å². The normalized spacial score (nSPS) is 10.4. The van der Waals surface area contributed by atoms with E-state index in [1.54, 1.807) is 6.20 Å². The number of rotatable bonds is 7. The lowest BCUT2D eigenvalue weighted by Gasteiger charge is -2.02. The van der Waals surface area contributed by atoms with Crippen molar-refractivity contribution in [1.82, 2.24) is 4.98 Å². The molecule has 0 bridgehead atoms. The monoisotopic (exact) mass is 194 g/mol. The van der Waals surface area contributed by atoms with Gasteiger partial charge in [0.15, 0.2) is 0 Å². The maximum Gasteiger partial charge on any atom is 0.0588 e. The third kappa shape index (κ3) is 4.94. The molecule has 0 aliphatic carbocycles. The predicted octanol–water partition coefficient (Wildman–Crippen LogP) is 1.38. The summed E-state index contributed by atoms with van der Waals surface area (Å²) in [4.78, 5) is 4.07. The topological polar surface area (TPSA) is 48.1 Å². The van der Waals surface area contributed by atoms with E-state index in [2.05, 4.69) is 11.1 Å². The molecular formula is C11H18N2O. The van der Waals surface area contributed by atoms with Crippen LogP contribution in [0.15, 0.2) is 24.5 Å². The third-order valence-corrected chi connectivity index (χ3v) is 1.99. The number of pyridine rings is 1. The lowest BCUT2D eigenvalue weighted by Crippen LogP contribution is -2.09. The Bertz CT molecular complexity index is 226. The molecule has 78 valence electrons. The zero-order valence-electron chi connectivity index (χ0n) is 8.48. The fourth-order valence-corrected chi connectivity index (χ4v) is 1.26. The smallest absolute Gasteiger partial charge is 0.0588 e. The Labute approximate surface area is 85.3 Å². The minimum atomic E-state index is 0.614. The molecule has 1 rings (SSSR count). The second-order valence-corrected chi connectivity index (χ2v) is 3.22. The van der Waals surface area contributed by atoms with E-state index in [0.29, 0.717) is 13.2 Å². The first kappa shape index (κ1) is 11.1. The first-order valence-electron chi connectivity index (χ1n) is 5.10. The Kier molecular flexibility index (Phi) is 5.95. The highest BCUT2D eigenvalue weighted by Gasteiger charge is 1.92. The van der Waals surface area contributed by atoms with Gasteiger partial charge in [0.25, 0.3) is 0 Å². The van der Waals surface area contributed by atoms with E-state index in [0.717, 1.165) is 25.9 Å². The van der Waals surface area contributed by atoms with Crippen molar-refractivity contribution in [3.63, 3.8) is 0 Å². The highest BCUT2D eigenvalue weighted by Crippen LogP contribution is 2.02. The van der Waals surface area contributed by atoms with E-state index in [4.69, 9.17) is 10.5 Å². The number of ether oxygens (including phenoxy) is 1. The summed E-state index contributed by atoms with van der Waals surface area (Å²) in [7, 11) is 0. The molecule has 0 aliphatic heterocycles. The Hall–Kier alpha value is -0.930. The zero-order valence-corrected chi connectivity index (χ0v) is 8.48. The van der Waals surface area contributed by atoms with Crippen LogP contribution in [-0.2, 0) is 11.2 Å². The zero-order chi connectivity index (χ0) is 10.1. The summed E-state index contributed by atoms with van der Waals surface area (Å²) in [6, 6.07) is 4.08. The largest absolute Gasteiger partial charge is 0.380 e. The summed E-state index contributed by atoms with van der Waals surface area (Å²) in [5.41, 5.74) is 6.60. The van der Waals surface area contributed by atoms with Gasteiger partial charge in [-0.1, -0.05) is 6.07 Å². The van der Waals surface area contributed by atoms with E-state index in [1.165, 1.54) is 5.56 Å². The molecule has 0 spiro atoms. The van der Waals surface area contributed by atoms with Crippen molar-refractivity contribution in [3.05, 3.63) is 30.1 Å². The lowest BCUT2D eigenvalue weighted by molar-refractivity contribution is 0.137. The van der Waals surface area contributed by atoms with Gasteiger partial charge in [-0.15, -0.1) is 0 Å². The van der Waals surface area contributed by atoms with E-state index in [9.17, 15) is 0 Å². The lowest BCUT2D eigenvalue weighted by atomic mass is 10.1. The molecule has 3 nitrogen and oxygen atoms in total. The van der Waals surface area contributed by atoms with Crippen LogP contribution in [0.4, 0.5) is 0 Å². The third-order valence-electron chi connectivity index (χ3n) is 1.99. The van der Waals surface area contributed by atoms with Crippen LogP contribution in [0.2, 0.25) is 0 Å². The Morgan fingerprint density at radius 1 is 1.29 bits per heavy atom. The molecule has 0 aliphatic rings. The maximum atomic E-state index is 5.30. The molecule has 0 amide bonds.